The monoisotopic (exact) mass is 452 g/mol. The summed E-state index contributed by atoms with van der Waals surface area (Å²) in [5.74, 6) is -0.388. The zero-order valence-corrected chi connectivity index (χ0v) is 18.2. The van der Waals surface area contributed by atoms with E-state index in [-0.39, 0.29) is 16.0 Å². The van der Waals surface area contributed by atoms with Crippen molar-refractivity contribution in [3.63, 3.8) is 0 Å². The minimum atomic E-state index is -0.614. The summed E-state index contributed by atoms with van der Waals surface area (Å²) in [7, 11) is 2.59. The van der Waals surface area contributed by atoms with Crippen molar-refractivity contribution in [1.82, 2.24) is 9.97 Å². The van der Waals surface area contributed by atoms with E-state index in [2.05, 4.69) is 14.7 Å². The number of esters is 2. The molecule has 3 aromatic rings. The molecule has 32 heavy (non-hydrogen) atoms. The van der Waals surface area contributed by atoms with Crippen LogP contribution in [0, 0.1) is 4.77 Å². The van der Waals surface area contributed by atoms with Gasteiger partial charge in [-0.05, 0) is 53.7 Å². The van der Waals surface area contributed by atoms with Crippen LogP contribution in [0.25, 0.3) is 11.6 Å². The van der Waals surface area contributed by atoms with Crippen LogP contribution < -0.4 is 10.3 Å². The first-order valence-electron chi connectivity index (χ1n) is 9.44. The summed E-state index contributed by atoms with van der Waals surface area (Å²) in [6.07, 6.45) is 1.58. The Kier molecular flexibility index (Phi) is 7.35. The average Bonchev–Trinajstić information content (AvgIpc) is 2.80. The third-order valence-electron chi connectivity index (χ3n) is 4.43. The Hall–Kier alpha value is -3.98. The molecule has 0 saturated heterocycles. The molecule has 0 aliphatic carbocycles. The molecular formula is C23H20N2O6S. The van der Waals surface area contributed by atoms with Crippen molar-refractivity contribution in [2.75, 3.05) is 14.2 Å². The van der Waals surface area contributed by atoms with Crippen LogP contribution in [0.5, 0.6) is 5.75 Å². The molecule has 3 rings (SSSR count). The Labute approximate surface area is 188 Å². The molecule has 1 heterocycles. The Morgan fingerprint density at radius 2 is 1.66 bits per heavy atom. The number of nitrogens with one attached hydrogen (secondary N) is 2. The standard InChI is InChI=1S/C23H20N2O6S/c1-29-21(27)16-7-3-15(4-8-16)13-31-17-9-5-14(6-10-17)11-18(22(28)30-2)19-12-20(26)25-23(32)24-19/h3-12H,13H2,1-2H3,(H2,24,25,26,32)/b18-11+. The lowest BCUT2D eigenvalue weighted by molar-refractivity contribution is -0.133. The number of H-pyrrole nitrogens is 2. The van der Waals surface area contributed by atoms with Gasteiger partial charge in [-0.3, -0.25) is 9.78 Å². The van der Waals surface area contributed by atoms with Gasteiger partial charge < -0.3 is 19.2 Å². The van der Waals surface area contributed by atoms with E-state index in [1.54, 1.807) is 54.6 Å². The average molecular weight is 452 g/mol. The Morgan fingerprint density at radius 1 is 0.969 bits per heavy atom. The summed E-state index contributed by atoms with van der Waals surface area (Å²) in [4.78, 5) is 40.6. The van der Waals surface area contributed by atoms with Gasteiger partial charge in [0.2, 0.25) is 0 Å². The van der Waals surface area contributed by atoms with Crippen LogP contribution in [0.1, 0.15) is 27.2 Å². The molecule has 0 aliphatic rings. The molecule has 0 amide bonds. The van der Waals surface area contributed by atoms with Crippen LogP contribution in [-0.4, -0.2) is 36.1 Å². The van der Waals surface area contributed by atoms with Crippen molar-refractivity contribution >= 4 is 35.8 Å². The van der Waals surface area contributed by atoms with Gasteiger partial charge in [-0.1, -0.05) is 24.3 Å². The molecule has 0 saturated carbocycles. The van der Waals surface area contributed by atoms with E-state index in [1.807, 2.05) is 0 Å². The third kappa shape index (κ3) is 5.79. The van der Waals surface area contributed by atoms with E-state index in [0.717, 1.165) is 5.56 Å². The third-order valence-corrected chi connectivity index (χ3v) is 4.63. The summed E-state index contributed by atoms with van der Waals surface area (Å²) >= 11 is 4.98. The number of rotatable bonds is 7. The van der Waals surface area contributed by atoms with Crippen molar-refractivity contribution < 1.29 is 23.8 Å². The van der Waals surface area contributed by atoms with Gasteiger partial charge in [0.15, 0.2) is 4.77 Å². The number of ether oxygens (including phenoxy) is 3. The number of carbonyl (C=O) groups excluding carboxylic acids is 2. The van der Waals surface area contributed by atoms with Gasteiger partial charge in [0.1, 0.15) is 12.4 Å². The van der Waals surface area contributed by atoms with Crippen LogP contribution in [-0.2, 0) is 20.9 Å². The maximum Gasteiger partial charge on any atom is 0.339 e. The van der Waals surface area contributed by atoms with Crippen molar-refractivity contribution in [3.8, 4) is 5.75 Å². The predicted octanol–water partition coefficient (Wildman–Crippen LogP) is 3.51. The van der Waals surface area contributed by atoms with E-state index >= 15 is 0 Å². The van der Waals surface area contributed by atoms with Crippen LogP contribution in [0.3, 0.4) is 0 Å². The lowest BCUT2D eigenvalue weighted by Crippen LogP contribution is -2.12. The molecule has 164 valence electrons. The summed E-state index contributed by atoms with van der Waals surface area (Å²) in [6.45, 7) is 0.313. The van der Waals surface area contributed by atoms with Crippen LogP contribution in [0.15, 0.2) is 59.4 Å². The number of aromatic amines is 2. The van der Waals surface area contributed by atoms with Gasteiger partial charge in [0.25, 0.3) is 5.56 Å². The number of benzene rings is 2. The van der Waals surface area contributed by atoms with Crippen LogP contribution in [0.4, 0.5) is 0 Å². The van der Waals surface area contributed by atoms with Gasteiger partial charge in [-0.25, -0.2) is 9.59 Å². The molecule has 2 N–H and O–H groups in total. The Morgan fingerprint density at radius 3 is 2.25 bits per heavy atom. The van der Waals surface area contributed by atoms with E-state index in [1.165, 1.54) is 20.3 Å². The topological polar surface area (TPSA) is 110 Å². The first kappa shape index (κ1) is 22.7. The molecule has 1 aromatic heterocycles. The fourth-order valence-corrected chi connectivity index (χ4v) is 3.03. The molecule has 0 unspecified atom stereocenters. The highest BCUT2D eigenvalue weighted by molar-refractivity contribution is 7.71. The van der Waals surface area contributed by atoms with Crippen molar-refractivity contribution in [1.29, 1.82) is 0 Å². The van der Waals surface area contributed by atoms with E-state index in [4.69, 9.17) is 21.7 Å². The van der Waals surface area contributed by atoms with Crippen molar-refractivity contribution in [3.05, 3.63) is 92.1 Å². The van der Waals surface area contributed by atoms with Crippen LogP contribution in [0.2, 0.25) is 0 Å². The van der Waals surface area contributed by atoms with Crippen molar-refractivity contribution in [2.24, 2.45) is 0 Å². The Bertz CT molecular complexity index is 1230. The fraction of sp³-hybridized carbons (Fsp3) is 0.130. The maximum absolute atomic E-state index is 12.2. The van der Waals surface area contributed by atoms with E-state index < -0.39 is 17.5 Å². The highest BCUT2D eigenvalue weighted by atomic mass is 32.1. The number of aromatic nitrogens is 2. The molecule has 0 radical (unpaired) electrons. The lowest BCUT2D eigenvalue weighted by atomic mass is 10.1. The number of hydrogen-bond acceptors (Lipinski definition) is 7. The largest absolute Gasteiger partial charge is 0.489 e. The van der Waals surface area contributed by atoms with Gasteiger partial charge in [0, 0.05) is 6.07 Å². The van der Waals surface area contributed by atoms with Gasteiger partial charge in [-0.2, -0.15) is 0 Å². The molecule has 0 bridgehead atoms. The highest BCUT2D eigenvalue weighted by Gasteiger charge is 2.14. The molecule has 0 aliphatic heterocycles. The molecule has 8 nitrogen and oxygen atoms in total. The molecule has 0 atom stereocenters. The first-order valence-corrected chi connectivity index (χ1v) is 9.84. The molecule has 2 aromatic carbocycles. The summed E-state index contributed by atoms with van der Waals surface area (Å²) in [6, 6.07) is 15.2. The SMILES string of the molecule is COC(=O)/C(=C/c1ccc(OCc2ccc(C(=O)OC)cc2)cc1)c1cc(=O)[nH]c(=S)[nH]1. The van der Waals surface area contributed by atoms with E-state index in [9.17, 15) is 14.4 Å². The second kappa shape index (κ2) is 10.4. The zero-order valence-electron chi connectivity index (χ0n) is 17.3. The number of methoxy groups -OCH3 is 2. The predicted molar refractivity (Wildman–Crippen MR) is 121 cm³/mol. The normalized spacial score (nSPS) is 11.0. The smallest absolute Gasteiger partial charge is 0.339 e. The van der Waals surface area contributed by atoms with Crippen LogP contribution >= 0.6 is 12.2 Å². The minimum Gasteiger partial charge on any atom is -0.489 e. The van der Waals surface area contributed by atoms with Crippen molar-refractivity contribution in [2.45, 2.75) is 6.61 Å². The fourth-order valence-electron chi connectivity index (χ4n) is 2.82. The van der Waals surface area contributed by atoms with Gasteiger partial charge >= 0.3 is 11.9 Å². The Balaban J connectivity index is 1.75. The number of carbonyl (C=O) groups is 2. The zero-order chi connectivity index (χ0) is 23.1. The highest BCUT2D eigenvalue weighted by Crippen LogP contribution is 2.20. The quantitative estimate of drug-likeness (QED) is 0.321. The summed E-state index contributed by atoms with van der Waals surface area (Å²) in [5, 5.41) is 0. The second-order valence-electron chi connectivity index (χ2n) is 6.60. The molecular weight excluding hydrogens is 432 g/mol. The molecule has 9 heteroatoms. The summed E-state index contributed by atoms with van der Waals surface area (Å²) in [5.41, 5.74) is 2.03. The lowest BCUT2D eigenvalue weighted by Gasteiger charge is -2.08. The maximum atomic E-state index is 12.2. The first-order chi connectivity index (χ1) is 15.4. The number of hydrogen-bond donors (Lipinski definition) is 2. The molecule has 0 spiro atoms. The second-order valence-corrected chi connectivity index (χ2v) is 7.01. The molecule has 0 fully saturated rings. The van der Waals surface area contributed by atoms with E-state index in [0.29, 0.717) is 23.5 Å². The minimum absolute atomic E-state index is 0.102. The van der Waals surface area contributed by atoms with Gasteiger partial charge in [-0.15, -0.1) is 0 Å². The van der Waals surface area contributed by atoms with Gasteiger partial charge in [0.05, 0.1) is 31.1 Å². The summed E-state index contributed by atoms with van der Waals surface area (Å²) < 4.78 is 15.4.